The first kappa shape index (κ1) is 20.6. The monoisotopic (exact) mass is 402 g/mol. The third kappa shape index (κ3) is 3.85. The maximum absolute atomic E-state index is 12.0. The SMILES string of the molecule is Cn1ccc(-c2ccc(B3OC(C)(C)C(C)(C)O3)c(Cc3ccccc3)c2)nc1=O. The first-order chi connectivity index (χ1) is 14.2. The Morgan fingerprint density at radius 1 is 0.967 bits per heavy atom. The number of hydrogen-bond acceptors (Lipinski definition) is 4. The van der Waals surface area contributed by atoms with E-state index in [1.165, 1.54) is 10.1 Å². The van der Waals surface area contributed by atoms with Gasteiger partial charge in [0.2, 0.25) is 0 Å². The molecule has 1 saturated heterocycles. The van der Waals surface area contributed by atoms with Crippen molar-refractivity contribution in [2.45, 2.75) is 45.3 Å². The minimum atomic E-state index is -0.445. The Morgan fingerprint density at radius 2 is 1.63 bits per heavy atom. The zero-order valence-corrected chi connectivity index (χ0v) is 18.2. The van der Waals surface area contributed by atoms with Gasteiger partial charge in [-0.25, -0.2) is 4.79 Å². The molecule has 0 N–H and O–H groups in total. The van der Waals surface area contributed by atoms with Crippen molar-refractivity contribution < 1.29 is 9.31 Å². The molecule has 1 aliphatic heterocycles. The summed E-state index contributed by atoms with van der Waals surface area (Å²) >= 11 is 0. The molecule has 2 heterocycles. The summed E-state index contributed by atoms with van der Waals surface area (Å²) in [5, 5.41) is 0. The van der Waals surface area contributed by atoms with Gasteiger partial charge in [-0.15, -0.1) is 0 Å². The van der Waals surface area contributed by atoms with Gasteiger partial charge >= 0.3 is 12.8 Å². The summed E-state index contributed by atoms with van der Waals surface area (Å²) in [6.45, 7) is 8.23. The van der Waals surface area contributed by atoms with Crippen LogP contribution in [0.2, 0.25) is 0 Å². The van der Waals surface area contributed by atoms with Crippen LogP contribution in [0.1, 0.15) is 38.8 Å². The van der Waals surface area contributed by atoms with Crippen molar-refractivity contribution >= 4 is 12.6 Å². The van der Waals surface area contributed by atoms with E-state index in [0.29, 0.717) is 5.69 Å². The molecule has 0 saturated carbocycles. The molecule has 0 unspecified atom stereocenters. The fraction of sp³-hybridized carbons (Fsp3) is 0.333. The number of hydrogen-bond donors (Lipinski definition) is 0. The Bertz CT molecular complexity index is 1110. The topological polar surface area (TPSA) is 53.4 Å². The molecule has 0 atom stereocenters. The van der Waals surface area contributed by atoms with Gasteiger partial charge in [0.15, 0.2) is 0 Å². The highest BCUT2D eigenvalue weighted by Gasteiger charge is 2.52. The highest BCUT2D eigenvalue weighted by Crippen LogP contribution is 2.37. The van der Waals surface area contributed by atoms with Crippen LogP contribution in [0.5, 0.6) is 0 Å². The van der Waals surface area contributed by atoms with Gasteiger partial charge in [-0.2, -0.15) is 4.98 Å². The summed E-state index contributed by atoms with van der Waals surface area (Å²) in [6, 6.07) is 18.3. The second-order valence-corrected chi connectivity index (χ2v) is 8.87. The van der Waals surface area contributed by atoms with Crippen molar-refractivity contribution in [3.8, 4) is 11.3 Å². The number of benzene rings is 2. The lowest BCUT2D eigenvalue weighted by molar-refractivity contribution is 0.00578. The number of rotatable bonds is 4. The van der Waals surface area contributed by atoms with Crippen LogP contribution in [0.4, 0.5) is 0 Å². The van der Waals surface area contributed by atoms with Gasteiger partial charge in [-0.05, 0) is 62.8 Å². The van der Waals surface area contributed by atoms with Crippen molar-refractivity contribution in [1.29, 1.82) is 0 Å². The van der Waals surface area contributed by atoms with Crippen LogP contribution < -0.4 is 11.2 Å². The molecule has 1 aromatic heterocycles. The fourth-order valence-electron chi connectivity index (χ4n) is 3.56. The van der Waals surface area contributed by atoms with E-state index in [9.17, 15) is 4.79 Å². The van der Waals surface area contributed by atoms with E-state index in [0.717, 1.165) is 23.0 Å². The predicted octanol–water partition coefficient (Wildman–Crippen LogP) is 3.34. The lowest BCUT2D eigenvalue weighted by Gasteiger charge is -2.32. The zero-order chi connectivity index (χ0) is 21.5. The van der Waals surface area contributed by atoms with E-state index in [2.05, 4.69) is 50.9 Å². The Balaban J connectivity index is 1.78. The van der Waals surface area contributed by atoms with Crippen LogP contribution in [-0.2, 0) is 22.8 Å². The number of nitrogens with zero attached hydrogens (tertiary/aromatic N) is 2. The minimum Gasteiger partial charge on any atom is -0.399 e. The Labute approximate surface area is 177 Å². The largest absolute Gasteiger partial charge is 0.495 e. The first-order valence-electron chi connectivity index (χ1n) is 10.2. The van der Waals surface area contributed by atoms with E-state index >= 15 is 0 Å². The quantitative estimate of drug-likeness (QED) is 0.629. The number of aromatic nitrogens is 2. The van der Waals surface area contributed by atoms with Crippen molar-refractivity contribution in [3.05, 3.63) is 82.4 Å². The molecule has 1 fully saturated rings. The van der Waals surface area contributed by atoms with Gasteiger partial charge in [0, 0.05) is 18.8 Å². The van der Waals surface area contributed by atoms with Crippen LogP contribution in [0.25, 0.3) is 11.3 Å². The molecule has 5 nitrogen and oxygen atoms in total. The van der Waals surface area contributed by atoms with Gasteiger partial charge in [0.05, 0.1) is 16.9 Å². The molecule has 1 aliphatic rings. The summed E-state index contributed by atoms with van der Waals surface area (Å²) in [7, 11) is 1.25. The maximum Gasteiger partial charge on any atom is 0.495 e. The van der Waals surface area contributed by atoms with Crippen molar-refractivity contribution in [2.75, 3.05) is 0 Å². The number of aryl methyl sites for hydroxylation is 1. The van der Waals surface area contributed by atoms with Crippen LogP contribution >= 0.6 is 0 Å². The lowest BCUT2D eigenvalue weighted by Crippen LogP contribution is -2.41. The minimum absolute atomic E-state index is 0.271. The van der Waals surface area contributed by atoms with E-state index in [1.54, 1.807) is 13.2 Å². The van der Waals surface area contributed by atoms with Gasteiger partial charge in [0.25, 0.3) is 0 Å². The van der Waals surface area contributed by atoms with Crippen LogP contribution in [-0.4, -0.2) is 27.9 Å². The third-order valence-electron chi connectivity index (χ3n) is 6.16. The molecule has 0 bridgehead atoms. The summed E-state index contributed by atoms with van der Waals surface area (Å²) in [6.07, 6.45) is 2.47. The van der Waals surface area contributed by atoms with E-state index in [1.807, 2.05) is 36.4 Å². The van der Waals surface area contributed by atoms with E-state index < -0.39 is 18.3 Å². The molecule has 6 heteroatoms. The summed E-state index contributed by atoms with van der Waals surface area (Å²) < 4.78 is 14.1. The molecule has 0 aliphatic carbocycles. The smallest absolute Gasteiger partial charge is 0.399 e. The maximum atomic E-state index is 12.0. The molecule has 0 spiro atoms. The molecular formula is C24H27BN2O3. The van der Waals surface area contributed by atoms with Crippen molar-refractivity contribution in [2.24, 2.45) is 7.05 Å². The van der Waals surface area contributed by atoms with E-state index in [4.69, 9.17) is 9.31 Å². The van der Waals surface area contributed by atoms with Crippen molar-refractivity contribution in [1.82, 2.24) is 9.55 Å². The zero-order valence-electron chi connectivity index (χ0n) is 18.2. The molecule has 0 amide bonds. The predicted molar refractivity (Wildman–Crippen MR) is 120 cm³/mol. The summed E-state index contributed by atoms with van der Waals surface area (Å²) in [5.41, 5.74) is 3.77. The molecule has 154 valence electrons. The highest BCUT2D eigenvalue weighted by molar-refractivity contribution is 6.62. The molecule has 0 radical (unpaired) electrons. The van der Waals surface area contributed by atoms with Crippen LogP contribution in [0.3, 0.4) is 0 Å². The average Bonchev–Trinajstić information content (AvgIpc) is 2.92. The highest BCUT2D eigenvalue weighted by atomic mass is 16.7. The Hall–Kier alpha value is -2.70. The second kappa shape index (κ2) is 7.53. The fourth-order valence-corrected chi connectivity index (χ4v) is 3.56. The van der Waals surface area contributed by atoms with Crippen molar-refractivity contribution in [3.63, 3.8) is 0 Å². The molecule has 2 aromatic carbocycles. The molecular weight excluding hydrogens is 375 g/mol. The van der Waals surface area contributed by atoms with Gasteiger partial charge in [-0.3, -0.25) is 0 Å². The second-order valence-electron chi connectivity index (χ2n) is 8.87. The summed E-state index contributed by atoms with van der Waals surface area (Å²) in [4.78, 5) is 16.2. The lowest BCUT2D eigenvalue weighted by atomic mass is 9.74. The van der Waals surface area contributed by atoms with Gasteiger partial charge < -0.3 is 13.9 Å². The third-order valence-corrected chi connectivity index (χ3v) is 6.16. The Morgan fingerprint density at radius 3 is 2.27 bits per heavy atom. The van der Waals surface area contributed by atoms with Crippen LogP contribution in [0.15, 0.2) is 65.6 Å². The van der Waals surface area contributed by atoms with Crippen LogP contribution in [0, 0.1) is 0 Å². The molecule has 3 aromatic rings. The Kier molecular flexibility index (Phi) is 5.16. The first-order valence-corrected chi connectivity index (χ1v) is 10.2. The average molecular weight is 402 g/mol. The molecule has 4 rings (SSSR count). The summed E-state index contributed by atoms with van der Waals surface area (Å²) in [5.74, 6) is 0. The standard InChI is InChI=1S/C24H27BN2O3/c1-23(2)24(3,4)30-25(29-23)20-12-11-18(21-13-14-27(5)22(28)26-21)16-19(20)15-17-9-7-6-8-10-17/h6-14,16H,15H2,1-5H3. The normalized spacial score (nSPS) is 17.3. The van der Waals surface area contributed by atoms with Gasteiger partial charge in [-0.1, -0.05) is 42.5 Å². The van der Waals surface area contributed by atoms with Gasteiger partial charge in [0.1, 0.15) is 0 Å². The van der Waals surface area contributed by atoms with E-state index in [-0.39, 0.29) is 5.69 Å². The molecule has 30 heavy (non-hydrogen) atoms.